The summed E-state index contributed by atoms with van der Waals surface area (Å²) in [6, 6.07) is 11.5. The van der Waals surface area contributed by atoms with Crippen molar-refractivity contribution >= 4 is 27.7 Å². The van der Waals surface area contributed by atoms with E-state index in [9.17, 15) is 0 Å². The van der Waals surface area contributed by atoms with Crippen molar-refractivity contribution < 1.29 is 9.15 Å². The lowest BCUT2D eigenvalue weighted by Gasteiger charge is -2.06. The molecule has 2 heterocycles. The number of furan rings is 1. The monoisotopic (exact) mass is 379 g/mol. The van der Waals surface area contributed by atoms with Gasteiger partial charge in [-0.25, -0.2) is 0 Å². The molecule has 0 N–H and O–H groups in total. The SMILES string of the molecule is Cn1c(SCCOc2ccc(Br)cc2)nnc1-c1ccco1. The Bertz CT molecular complexity index is 726. The standard InChI is InChI=1S/C15H14BrN3O2S/c1-19-14(13-3-2-8-21-13)17-18-15(19)22-10-9-20-12-6-4-11(16)5-7-12/h2-8H,9-10H2,1H3. The van der Waals surface area contributed by atoms with Crippen LogP contribution in [0.2, 0.25) is 0 Å². The molecule has 3 rings (SSSR count). The van der Waals surface area contributed by atoms with Crippen LogP contribution in [0, 0.1) is 0 Å². The van der Waals surface area contributed by atoms with Crippen LogP contribution in [0.5, 0.6) is 5.75 Å². The van der Waals surface area contributed by atoms with E-state index < -0.39 is 0 Å². The van der Waals surface area contributed by atoms with Crippen LogP contribution in [0.15, 0.2) is 56.7 Å². The van der Waals surface area contributed by atoms with Gasteiger partial charge in [0, 0.05) is 17.3 Å². The predicted molar refractivity (Wildman–Crippen MR) is 89.1 cm³/mol. The molecule has 22 heavy (non-hydrogen) atoms. The number of aromatic nitrogens is 3. The molecule has 1 aromatic carbocycles. The Labute approximate surface area is 140 Å². The quantitative estimate of drug-likeness (QED) is 0.478. The second-order valence-electron chi connectivity index (χ2n) is 4.49. The molecule has 0 saturated heterocycles. The fourth-order valence-electron chi connectivity index (χ4n) is 1.88. The molecule has 0 fully saturated rings. The van der Waals surface area contributed by atoms with E-state index in [1.165, 1.54) is 0 Å². The van der Waals surface area contributed by atoms with Gasteiger partial charge in [-0.05, 0) is 36.4 Å². The third-order valence-electron chi connectivity index (χ3n) is 2.97. The summed E-state index contributed by atoms with van der Waals surface area (Å²) in [5.41, 5.74) is 0. The van der Waals surface area contributed by atoms with E-state index in [2.05, 4.69) is 26.1 Å². The van der Waals surface area contributed by atoms with Crippen LogP contribution >= 0.6 is 27.7 Å². The number of ether oxygens (including phenoxy) is 1. The maximum atomic E-state index is 5.68. The van der Waals surface area contributed by atoms with Gasteiger partial charge in [0.15, 0.2) is 16.7 Å². The third kappa shape index (κ3) is 3.53. The van der Waals surface area contributed by atoms with Gasteiger partial charge in [-0.15, -0.1) is 10.2 Å². The van der Waals surface area contributed by atoms with Gasteiger partial charge < -0.3 is 13.7 Å². The van der Waals surface area contributed by atoms with Gasteiger partial charge in [0.25, 0.3) is 0 Å². The van der Waals surface area contributed by atoms with Crippen molar-refractivity contribution in [2.24, 2.45) is 7.05 Å². The molecule has 0 saturated carbocycles. The first-order valence-electron chi connectivity index (χ1n) is 6.68. The average Bonchev–Trinajstić information content (AvgIpc) is 3.16. The number of rotatable bonds is 6. The van der Waals surface area contributed by atoms with Crippen LogP contribution in [0.25, 0.3) is 11.6 Å². The van der Waals surface area contributed by atoms with E-state index in [0.717, 1.165) is 27.0 Å². The van der Waals surface area contributed by atoms with Gasteiger partial charge in [0.2, 0.25) is 0 Å². The molecule has 0 aliphatic rings. The van der Waals surface area contributed by atoms with Crippen molar-refractivity contribution in [3.63, 3.8) is 0 Å². The molecule has 0 unspecified atom stereocenters. The van der Waals surface area contributed by atoms with Crippen LogP contribution in [-0.4, -0.2) is 27.1 Å². The third-order valence-corrected chi connectivity index (χ3v) is 4.49. The van der Waals surface area contributed by atoms with Crippen molar-refractivity contribution in [1.29, 1.82) is 0 Å². The Morgan fingerprint density at radius 2 is 2.05 bits per heavy atom. The fourth-order valence-corrected chi connectivity index (χ4v) is 2.88. The summed E-state index contributed by atoms with van der Waals surface area (Å²) in [4.78, 5) is 0. The van der Waals surface area contributed by atoms with Crippen molar-refractivity contribution in [2.75, 3.05) is 12.4 Å². The van der Waals surface area contributed by atoms with E-state index in [-0.39, 0.29) is 0 Å². The maximum Gasteiger partial charge on any atom is 0.200 e. The van der Waals surface area contributed by atoms with E-state index in [0.29, 0.717) is 12.4 Å². The number of hydrogen-bond acceptors (Lipinski definition) is 5. The largest absolute Gasteiger partial charge is 0.493 e. The molecule has 7 heteroatoms. The van der Waals surface area contributed by atoms with Gasteiger partial charge in [-0.2, -0.15) is 0 Å². The highest BCUT2D eigenvalue weighted by atomic mass is 79.9. The molecule has 114 valence electrons. The van der Waals surface area contributed by atoms with Crippen LogP contribution in [0.4, 0.5) is 0 Å². The lowest BCUT2D eigenvalue weighted by atomic mass is 10.3. The van der Waals surface area contributed by atoms with E-state index in [1.807, 2.05) is 48.0 Å². The van der Waals surface area contributed by atoms with E-state index in [1.54, 1.807) is 18.0 Å². The minimum Gasteiger partial charge on any atom is -0.493 e. The fraction of sp³-hybridized carbons (Fsp3) is 0.200. The number of hydrogen-bond donors (Lipinski definition) is 0. The van der Waals surface area contributed by atoms with Gasteiger partial charge in [0.05, 0.1) is 12.9 Å². The summed E-state index contributed by atoms with van der Waals surface area (Å²) < 4.78 is 14.0. The molecule has 3 aromatic rings. The summed E-state index contributed by atoms with van der Waals surface area (Å²) in [5.74, 6) is 3.09. The molecule has 2 aromatic heterocycles. The molecule has 0 aliphatic heterocycles. The van der Waals surface area contributed by atoms with Gasteiger partial charge in [-0.1, -0.05) is 27.7 Å². The highest BCUT2D eigenvalue weighted by Crippen LogP contribution is 2.23. The van der Waals surface area contributed by atoms with E-state index in [4.69, 9.17) is 9.15 Å². The Morgan fingerprint density at radius 1 is 1.23 bits per heavy atom. The molecule has 0 spiro atoms. The Kier molecular flexibility index (Phi) is 4.84. The zero-order valence-corrected chi connectivity index (χ0v) is 14.3. The molecule has 0 radical (unpaired) electrons. The number of halogens is 1. The van der Waals surface area contributed by atoms with Crippen LogP contribution in [0.3, 0.4) is 0 Å². The molecular formula is C15H14BrN3O2S. The highest BCUT2D eigenvalue weighted by molar-refractivity contribution is 9.10. The number of benzene rings is 1. The molecule has 0 bridgehead atoms. The lowest BCUT2D eigenvalue weighted by Crippen LogP contribution is -2.01. The maximum absolute atomic E-state index is 5.68. The summed E-state index contributed by atoms with van der Waals surface area (Å²) >= 11 is 5.00. The van der Waals surface area contributed by atoms with Gasteiger partial charge in [0.1, 0.15) is 5.75 Å². The minimum atomic E-state index is 0.606. The number of thioether (sulfide) groups is 1. The van der Waals surface area contributed by atoms with Crippen LogP contribution < -0.4 is 4.74 Å². The number of nitrogens with zero attached hydrogens (tertiary/aromatic N) is 3. The topological polar surface area (TPSA) is 53.1 Å². The highest BCUT2D eigenvalue weighted by Gasteiger charge is 2.12. The lowest BCUT2D eigenvalue weighted by molar-refractivity contribution is 0.344. The second kappa shape index (κ2) is 7.02. The van der Waals surface area contributed by atoms with Crippen LogP contribution in [0.1, 0.15) is 0 Å². The van der Waals surface area contributed by atoms with E-state index >= 15 is 0 Å². The first-order chi connectivity index (χ1) is 10.7. The van der Waals surface area contributed by atoms with Crippen molar-refractivity contribution in [3.8, 4) is 17.3 Å². The summed E-state index contributed by atoms with van der Waals surface area (Å²) in [7, 11) is 1.93. The Morgan fingerprint density at radius 3 is 2.77 bits per heavy atom. The molecule has 5 nitrogen and oxygen atoms in total. The Balaban J connectivity index is 1.53. The van der Waals surface area contributed by atoms with Gasteiger partial charge >= 0.3 is 0 Å². The minimum absolute atomic E-state index is 0.606. The second-order valence-corrected chi connectivity index (χ2v) is 6.47. The Hall–Kier alpha value is -1.73. The first kappa shape index (κ1) is 15.2. The molecular weight excluding hydrogens is 366 g/mol. The first-order valence-corrected chi connectivity index (χ1v) is 8.46. The smallest absolute Gasteiger partial charge is 0.200 e. The van der Waals surface area contributed by atoms with Gasteiger partial charge in [-0.3, -0.25) is 0 Å². The summed E-state index contributed by atoms with van der Waals surface area (Å²) in [5, 5.41) is 9.18. The van der Waals surface area contributed by atoms with Crippen molar-refractivity contribution in [2.45, 2.75) is 5.16 Å². The summed E-state index contributed by atoms with van der Waals surface area (Å²) in [6.07, 6.45) is 1.63. The molecule has 0 amide bonds. The molecule has 0 atom stereocenters. The average molecular weight is 380 g/mol. The zero-order chi connectivity index (χ0) is 15.4. The normalized spacial score (nSPS) is 10.8. The summed E-state index contributed by atoms with van der Waals surface area (Å²) in [6.45, 7) is 0.606. The predicted octanol–water partition coefficient (Wildman–Crippen LogP) is 4.01. The molecule has 0 aliphatic carbocycles. The van der Waals surface area contributed by atoms with Crippen LogP contribution in [-0.2, 0) is 7.05 Å². The zero-order valence-electron chi connectivity index (χ0n) is 11.9. The van der Waals surface area contributed by atoms with Crippen molar-refractivity contribution in [3.05, 3.63) is 47.1 Å². The van der Waals surface area contributed by atoms with Crippen molar-refractivity contribution in [1.82, 2.24) is 14.8 Å².